The normalized spacial score (nSPS) is 13.6. The van der Waals surface area contributed by atoms with Crippen LogP contribution in [0.2, 0.25) is 5.15 Å². The summed E-state index contributed by atoms with van der Waals surface area (Å²) in [5.41, 5.74) is 5.95. The van der Waals surface area contributed by atoms with Gasteiger partial charge in [-0.05, 0) is 84.5 Å². The Morgan fingerprint density at radius 3 is 2.51 bits per heavy atom. The van der Waals surface area contributed by atoms with Crippen molar-refractivity contribution in [3.8, 4) is 22.9 Å². The van der Waals surface area contributed by atoms with Gasteiger partial charge in [0.1, 0.15) is 16.7 Å². The molecule has 0 fully saturated rings. The van der Waals surface area contributed by atoms with Crippen molar-refractivity contribution in [2.24, 2.45) is 0 Å². The average Bonchev–Trinajstić information content (AvgIpc) is 3.50. The van der Waals surface area contributed by atoms with Crippen molar-refractivity contribution in [1.29, 1.82) is 0 Å². The summed E-state index contributed by atoms with van der Waals surface area (Å²) in [6.45, 7) is 0. The molecule has 7 nitrogen and oxygen atoms in total. The number of allylic oxidation sites excluding steroid dienone is 1. The van der Waals surface area contributed by atoms with Crippen LogP contribution >= 0.6 is 23.1 Å². The van der Waals surface area contributed by atoms with Crippen LogP contribution in [0.15, 0.2) is 97.2 Å². The summed E-state index contributed by atoms with van der Waals surface area (Å²) in [7, 11) is 0. The first-order chi connectivity index (χ1) is 21.1. The lowest BCUT2D eigenvalue weighted by molar-refractivity contribution is 0.102. The second kappa shape index (κ2) is 11.8. The summed E-state index contributed by atoms with van der Waals surface area (Å²) in [5.74, 6) is 1.75. The molecule has 3 heterocycles. The first-order valence-electron chi connectivity index (χ1n) is 13.8. The number of hydrogen-bond donors (Lipinski definition) is 1. The number of ether oxygens (including phenoxy) is 1. The number of carbonyl (C=O) groups is 1. The molecule has 0 aliphatic heterocycles. The molecule has 7 rings (SSSR count). The SMILES string of the molecule is O=C(Nc1nc(-c2cccnc2Cl)ns1)c1c2c(nc3ccccc13)/C(=C\c1ccc(Oc3ccccc3)cc1)CCC2. The van der Waals surface area contributed by atoms with E-state index in [1.807, 2.05) is 78.9 Å². The minimum Gasteiger partial charge on any atom is -0.457 e. The second-order valence-corrected chi connectivity index (χ2v) is 11.2. The fourth-order valence-electron chi connectivity index (χ4n) is 5.29. The van der Waals surface area contributed by atoms with Gasteiger partial charge in [0.25, 0.3) is 5.91 Å². The Kier molecular flexibility index (Phi) is 7.37. The van der Waals surface area contributed by atoms with Crippen molar-refractivity contribution in [2.75, 3.05) is 5.32 Å². The maximum absolute atomic E-state index is 13.9. The number of para-hydroxylation sites is 2. The third-order valence-corrected chi connectivity index (χ3v) is 8.18. The van der Waals surface area contributed by atoms with Crippen LogP contribution in [0, 0.1) is 0 Å². The van der Waals surface area contributed by atoms with E-state index in [2.05, 4.69) is 25.7 Å². The molecule has 0 atom stereocenters. The third-order valence-electron chi connectivity index (χ3n) is 7.24. The largest absolute Gasteiger partial charge is 0.457 e. The third kappa shape index (κ3) is 5.62. The highest BCUT2D eigenvalue weighted by atomic mass is 35.5. The van der Waals surface area contributed by atoms with Crippen LogP contribution in [-0.4, -0.2) is 25.2 Å². The number of pyridine rings is 2. The zero-order valence-electron chi connectivity index (χ0n) is 22.8. The average molecular weight is 602 g/mol. The maximum Gasteiger partial charge on any atom is 0.258 e. The van der Waals surface area contributed by atoms with E-state index in [1.54, 1.807) is 18.3 Å². The van der Waals surface area contributed by atoms with Crippen LogP contribution in [0.3, 0.4) is 0 Å². The lowest BCUT2D eigenvalue weighted by Gasteiger charge is -2.22. The van der Waals surface area contributed by atoms with E-state index in [0.717, 1.165) is 75.6 Å². The summed E-state index contributed by atoms with van der Waals surface area (Å²) in [4.78, 5) is 27.6. The molecule has 43 heavy (non-hydrogen) atoms. The molecule has 1 amide bonds. The van der Waals surface area contributed by atoms with Crippen molar-refractivity contribution in [2.45, 2.75) is 19.3 Å². The van der Waals surface area contributed by atoms with E-state index in [0.29, 0.717) is 27.2 Å². The summed E-state index contributed by atoms with van der Waals surface area (Å²) < 4.78 is 10.3. The van der Waals surface area contributed by atoms with Crippen LogP contribution < -0.4 is 10.1 Å². The number of halogens is 1. The fourth-order valence-corrected chi connectivity index (χ4v) is 6.07. The van der Waals surface area contributed by atoms with E-state index >= 15 is 0 Å². The van der Waals surface area contributed by atoms with Gasteiger partial charge in [-0.3, -0.25) is 10.1 Å². The van der Waals surface area contributed by atoms with Crippen LogP contribution in [0.25, 0.3) is 33.9 Å². The molecule has 0 bridgehead atoms. The smallest absolute Gasteiger partial charge is 0.258 e. The molecule has 0 unspecified atom stereocenters. The van der Waals surface area contributed by atoms with Crippen LogP contribution in [-0.2, 0) is 6.42 Å². The van der Waals surface area contributed by atoms with Gasteiger partial charge in [0.2, 0.25) is 5.13 Å². The first-order valence-corrected chi connectivity index (χ1v) is 15.0. The standard InChI is InChI=1S/C34H24ClN5O2S/c35-31-27(13-7-19-36-31)32-38-34(43-40-32)39-33(41)29-25-11-4-5-14-28(25)37-30-22(8-6-12-26(29)30)20-21-15-17-24(18-16-21)42-23-9-2-1-3-10-23/h1-5,7,9-11,13-20H,6,8,12H2,(H,38,39,40,41)/b22-20-. The highest BCUT2D eigenvalue weighted by molar-refractivity contribution is 7.10. The number of benzene rings is 3. The van der Waals surface area contributed by atoms with Crippen LogP contribution in [0.4, 0.5) is 5.13 Å². The first kappa shape index (κ1) is 26.9. The molecule has 1 N–H and O–H groups in total. The van der Waals surface area contributed by atoms with Gasteiger partial charge in [-0.2, -0.15) is 9.36 Å². The van der Waals surface area contributed by atoms with Crippen molar-refractivity contribution in [3.05, 3.63) is 125 Å². The summed E-state index contributed by atoms with van der Waals surface area (Å²) in [5, 5.41) is 4.49. The van der Waals surface area contributed by atoms with Gasteiger partial charge in [0.15, 0.2) is 5.82 Å². The zero-order valence-corrected chi connectivity index (χ0v) is 24.4. The van der Waals surface area contributed by atoms with Gasteiger partial charge in [-0.25, -0.2) is 9.97 Å². The molecular formula is C34H24ClN5O2S. The zero-order chi connectivity index (χ0) is 29.2. The topological polar surface area (TPSA) is 89.9 Å². The summed E-state index contributed by atoms with van der Waals surface area (Å²) >= 11 is 7.34. The van der Waals surface area contributed by atoms with Crippen molar-refractivity contribution < 1.29 is 9.53 Å². The second-order valence-electron chi connectivity index (χ2n) is 10.1. The molecule has 6 aromatic rings. The summed E-state index contributed by atoms with van der Waals surface area (Å²) in [6, 6.07) is 29.1. The molecule has 0 spiro atoms. The van der Waals surface area contributed by atoms with Gasteiger partial charge >= 0.3 is 0 Å². The van der Waals surface area contributed by atoms with Crippen molar-refractivity contribution in [3.63, 3.8) is 0 Å². The fraction of sp³-hybridized carbons (Fsp3) is 0.0882. The van der Waals surface area contributed by atoms with E-state index < -0.39 is 0 Å². The molecular weight excluding hydrogens is 578 g/mol. The van der Waals surface area contributed by atoms with E-state index in [-0.39, 0.29) is 5.91 Å². The molecule has 0 radical (unpaired) electrons. The number of anilines is 1. The van der Waals surface area contributed by atoms with E-state index in [1.165, 1.54) is 0 Å². The number of amides is 1. The predicted octanol–water partition coefficient (Wildman–Crippen LogP) is 8.72. The van der Waals surface area contributed by atoms with E-state index in [4.69, 9.17) is 21.3 Å². The van der Waals surface area contributed by atoms with Gasteiger partial charge in [0, 0.05) is 23.1 Å². The van der Waals surface area contributed by atoms with Crippen LogP contribution in [0.1, 0.15) is 40.0 Å². The van der Waals surface area contributed by atoms with E-state index in [9.17, 15) is 4.79 Å². The number of rotatable bonds is 6. The maximum atomic E-state index is 13.9. The van der Waals surface area contributed by atoms with Gasteiger partial charge in [-0.1, -0.05) is 60.1 Å². The lowest BCUT2D eigenvalue weighted by atomic mass is 9.85. The quantitative estimate of drug-likeness (QED) is 0.192. The molecule has 0 saturated heterocycles. The molecule has 3 aromatic carbocycles. The number of fused-ring (bicyclic) bond motifs is 2. The molecule has 1 aliphatic rings. The molecule has 1 aliphatic carbocycles. The Balaban J connectivity index is 1.21. The Morgan fingerprint density at radius 2 is 1.67 bits per heavy atom. The van der Waals surface area contributed by atoms with Crippen LogP contribution in [0.5, 0.6) is 11.5 Å². The number of aromatic nitrogens is 4. The highest BCUT2D eigenvalue weighted by Gasteiger charge is 2.26. The highest BCUT2D eigenvalue weighted by Crippen LogP contribution is 2.37. The molecule has 9 heteroatoms. The number of nitrogens with one attached hydrogen (secondary N) is 1. The Labute approximate surface area is 257 Å². The van der Waals surface area contributed by atoms with Gasteiger partial charge < -0.3 is 4.74 Å². The predicted molar refractivity (Wildman–Crippen MR) is 172 cm³/mol. The number of nitrogens with zero attached hydrogens (tertiary/aromatic N) is 4. The Morgan fingerprint density at radius 1 is 0.884 bits per heavy atom. The van der Waals surface area contributed by atoms with Crippen molar-refractivity contribution >= 4 is 56.7 Å². The lowest BCUT2D eigenvalue weighted by Crippen LogP contribution is -2.18. The van der Waals surface area contributed by atoms with Gasteiger partial charge in [-0.15, -0.1) is 0 Å². The number of carbonyl (C=O) groups excluding carboxylic acids is 1. The minimum atomic E-state index is -0.238. The molecule has 210 valence electrons. The molecule has 3 aromatic heterocycles. The number of hydrogen-bond acceptors (Lipinski definition) is 7. The minimum absolute atomic E-state index is 0.238. The van der Waals surface area contributed by atoms with Crippen molar-refractivity contribution in [1.82, 2.24) is 19.3 Å². The monoisotopic (exact) mass is 601 g/mol. The summed E-state index contributed by atoms with van der Waals surface area (Å²) in [6.07, 6.45) is 6.30. The van der Waals surface area contributed by atoms with Gasteiger partial charge in [0.05, 0.1) is 22.3 Å². The molecule has 0 saturated carbocycles. The Bertz CT molecular complexity index is 1990. The Hall–Kier alpha value is -4.92.